The molecule has 142 valence electrons. The number of rotatable bonds is 9. The van der Waals surface area contributed by atoms with E-state index in [2.05, 4.69) is 83.9 Å². The largest absolute Gasteiger partial charge is 0.469 e. The summed E-state index contributed by atoms with van der Waals surface area (Å²) < 4.78 is 4.87. The number of hydrogen-bond acceptors (Lipinski definition) is 3. The van der Waals surface area contributed by atoms with E-state index in [1.807, 2.05) is 0 Å². The number of esters is 1. The fourth-order valence-electron chi connectivity index (χ4n) is 4.17. The van der Waals surface area contributed by atoms with Gasteiger partial charge in [-0.25, -0.2) is 0 Å². The van der Waals surface area contributed by atoms with Gasteiger partial charge in [0.25, 0.3) is 0 Å². The second kappa shape index (κ2) is 9.82. The van der Waals surface area contributed by atoms with E-state index in [0.29, 0.717) is 6.42 Å². The first-order chi connectivity index (χ1) is 11.7. The summed E-state index contributed by atoms with van der Waals surface area (Å²) in [6.45, 7) is 16.5. The Hall–Kier alpha value is -0.743. The van der Waals surface area contributed by atoms with Gasteiger partial charge in [-0.15, -0.1) is 0 Å². The fraction of sp³-hybridized carbons (Fsp3) is 0.667. The van der Waals surface area contributed by atoms with Crippen LogP contribution in [0.15, 0.2) is 29.2 Å². The first-order valence-corrected chi connectivity index (χ1v) is 13.3. The minimum absolute atomic E-state index is 0.125. The van der Waals surface area contributed by atoms with Gasteiger partial charge in [-0.1, -0.05) is 60.6 Å². The van der Waals surface area contributed by atoms with Gasteiger partial charge >= 0.3 is 5.97 Å². The zero-order valence-corrected chi connectivity index (χ0v) is 19.1. The highest BCUT2D eigenvalue weighted by Gasteiger charge is 2.44. The molecule has 4 heteroatoms. The summed E-state index contributed by atoms with van der Waals surface area (Å²) in [5.41, 5.74) is 3.42. The van der Waals surface area contributed by atoms with E-state index in [4.69, 9.17) is 4.74 Å². The van der Waals surface area contributed by atoms with Crippen molar-refractivity contribution < 1.29 is 9.53 Å². The number of methoxy groups -OCH3 is 1. The third-order valence-corrected chi connectivity index (χ3v) is 17.7. The molecule has 25 heavy (non-hydrogen) atoms. The molecule has 0 radical (unpaired) electrons. The van der Waals surface area contributed by atoms with E-state index in [9.17, 15) is 4.79 Å². The lowest BCUT2D eigenvalue weighted by molar-refractivity contribution is -0.141. The summed E-state index contributed by atoms with van der Waals surface area (Å²) in [5.74, 6) is 0.112. The second-order valence-electron chi connectivity index (χ2n) is 7.88. The van der Waals surface area contributed by atoms with Crippen LogP contribution in [0.5, 0.6) is 0 Å². The van der Waals surface area contributed by atoms with E-state index >= 15 is 0 Å². The molecule has 0 aliphatic rings. The van der Waals surface area contributed by atoms with Crippen molar-refractivity contribution in [2.75, 3.05) is 7.11 Å². The van der Waals surface area contributed by atoms with Crippen LogP contribution in [-0.2, 0) is 9.53 Å². The zero-order valence-electron chi connectivity index (χ0n) is 17.3. The Morgan fingerprint density at radius 1 is 1.08 bits per heavy atom. The maximum absolute atomic E-state index is 11.7. The van der Waals surface area contributed by atoms with Gasteiger partial charge in [-0.2, -0.15) is 11.2 Å². The number of carbonyl (C=O) groups is 1. The van der Waals surface area contributed by atoms with E-state index < -0.39 is 7.22 Å². The predicted molar refractivity (Wildman–Crippen MR) is 113 cm³/mol. The van der Waals surface area contributed by atoms with Crippen LogP contribution in [0.1, 0.15) is 72.8 Å². The molecule has 0 aliphatic carbocycles. The third kappa shape index (κ3) is 5.37. The molecule has 1 rings (SSSR count). The van der Waals surface area contributed by atoms with Crippen LogP contribution in [-0.4, -0.2) is 20.3 Å². The first kappa shape index (κ1) is 22.3. The molecule has 0 aliphatic heterocycles. The summed E-state index contributed by atoms with van der Waals surface area (Å²) in [4.78, 5) is 13.1. The maximum atomic E-state index is 11.7. The topological polar surface area (TPSA) is 26.3 Å². The highest BCUT2D eigenvalue weighted by Crippen LogP contribution is 2.52. The molecule has 0 aromatic heterocycles. The van der Waals surface area contributed by atoms with Crippen LogP contribution in [0.3, 0.4) is 0 Å². The quantitative estimate of drug-likeness (QED) is 0.340. The van der Waals surface area contributed by atoms with Crippen LogP contribution in [0.2, 0.25) is 16.6 Å². The summed E-state index contributed by atoms with van der Waals surface area (Å²) >= 11 is 2.15. The summed E-state index contributed by atoms with van der Waals surface area (Å²) in [7, 11) is -0.0827. The highest BCUT2D eigenvalue weighted by molar-refractivity contribution is 8.29. The lowest BCUT2D eigenvalue weighted by Gasteiger charge is -2.42. The average molecular weight is 381 g/mol. The Bertz CT molecular complexity index is 533. The summed E-state index contributed by atoms with van der Waals surface area (Å²) in [5, 5.41) is 0. The number of hydrogen-bond donors (Lipinski definition) is 0. The SMILES string of the molecule is CCC(CC(=O)OC)c1cccc(S[Si](C(C)C)(C(C)C)C(C)C)c1. The van der Waals surface area contributed by atoms with Gasteiger partial charge < -0.3 is 4.74 Å². The van der Waals surface area contributed by atoms with Crippen molar-refractivity contribution in [3.8, 4) is 0 Å². The predicted octanol–water partition coefficient (Wildman–Crippen LogP) is 7.01. The van der Waals surface area contributed by atoms with Crippen LogP contribution >= 0.6 is 11.2 Å². The van der Waals surface area contributed by atoms with Gasteiger partial charge in [-0.3, -0.25) is 4.79 Å². The van der Waals surface area contributed by atoms with Gasteiger partial charge in [-0.05, 0) is 46.7 Å². The Kier molecular flexibility index (Phi) is 8.76. The molecule has 0 fully saturated rings. The van der Waals surface area contributed by atoms with Crippen molar-refractivity contribution in [1.82, 2.24) is 0 Å². The smallest absolute Gasteiger partial charge is 0.306 e. The molecular formula is C21H36O2SSi. The molecule has 2 nitrogen and oxygen atoms in total. The molecule has 1 unspecified atom stereocenters. The Balaban J connectivity index is 3.16. The van der Waals surface area contributed by atoms with Crippen LogP contribution in [0.25, 0.3) is 0 Å². The van der Waals surface area contributed by atoms with Crippen LogP contribution in [0, 0.1) is 0 Å². The Morgan fingerprint density at radius 2 is 1.64 bits per heavy atom. The minimum atomic E-state index is -1.55. The van der Waals surface area contributed by atoms with Crippen molar-refractivity contribution in [1.29, 1.82) is 0 Å². The van der Waals surface area contributed by atoms with Gasteiger partial charge in [0.15, 0.2) is 0 Å². The lowest BCUT2D eigenvalue weighted by atomic mass is 9.93. The van der Waals surface area contributed by atoms with Crippen molar-refractivity contribution in [2.45, 2.75) is 88.7 Å². The van der Waals surface area contributed by atoms with Gasteiger partial charge in [0.05, 0.1) is 13.5 Å². The summed E-state index contributed by atoms with van der Waals surface area (Å²) in [6, 6.07) is 8.87. The van der Waals surface area contributed by atoms with E-state index in [1.165, 1.54) is 17.6 Å². The average Bonchev–Trinajstić information content (AvgIpc) is 2.56. The van der Waals surface area contributed by atoms with Crippen molar-refractivity contribution >= 4 is 24.4 Å². The normalized spacial score (nSPS) is 13.6. The maximum Gasteiger partial charge on any atom is 0.306 e. The third-order valence-electron chi connectivity index (χ3n) is 5.46. The highest BCUT2D eigenvalue weighted by atomic mass is 32.4. The summed E-state index contributed by atoms with van der Waals surface area (Å²) in [6.07, 6.45) is 1.41. The second-order valence-corrected chi connectivity index (χ2v) is 16.5. The fourth-order valence-corrected chi connectivity index (χ4v) is 13.4. The van der Waals surface area contributed by atoms with Crippen molar-refractivity contribution in [2.24, 2.45) is 0 Å². The molecule has 0 saturated carbocycles. The van der Waals surface area contributed by atoms with E-state index in [0.717, 1.165) is 23.0 Å². The lowest BCUT2D eigenvalue weighted by Crippen LogP contribution is -2.40. The molecule has 0 heterocycles. The van der Waals surface area contributed by atoms with Crippen molar-refractivity contribution in [3.63, 3.8) is 0 Å². The molecular weight excluding hydrogens is 344 g/mol. The minimum Gasteiger partial charge on any atom is -0.469 e. The van der Waals surface area contributed by atoms with Gasteiger partial charge in [0, 0.05) is 4.90 Å². The molecule has 0 amide bonds. The molecule has 1 atom stereocenters. The Labute approximate surface area is 159 Å². The van der Waals surface area contributed by atoms with Gasteiger partial charge in [0.2, 0.25) is 0 Å². The number of benzene rings is 1. The molecule has 0 spiro atoms. The van der Waals surface area contributed by atoms with Crippen molar-refractivity contribution in [3.05, 3.63) is 29.8 Å². The molecule has 0 N–H and O–H groups in total. The van der Waals surface area contributed by atoms with Gasteiger partial charge in [0.1, 0.15) is 7.22 Å². The van der Waals surface area contributed by atoms with E-state index in [1.54, 1.807) is 0 Å². The standard InChI is InChI=1S/C21H36O2SSi/c1-9-18(14-21(22)23-8)19-11-10-12-20(13-19)24-25(15(2)3,16(4)5)17(6)7/h10-13,15-18H,9,14H2,1-8H3. The monoisotopic (exact) mass is 380 g/mol. The van der Waals surface area contributed by atoms with Crippen LogP contribution < -0.4 is 0 Å². The van der Waals surface area contributed by atoms with Crippen LogP contribution in [0.4, 0.5) is 0 Å². The zero-order chi connectivity index (χ0) is 19.2. The first-order valence-electron chi connectivity index (χ1n) is 9.54. The molecule has 1 aromatic carbocycles. The van der Waals surface area contributed by atoms with E-state index in [-0.39, 0.29) is 11.9 Å². The molecule has 0 saturated heterocycles. The Morgan fingerprint density at radius 3 is 2.08 bits per heavy atom. The molecule has 1 aromatic rings. The number of ether oxygens (including phenoxy) is 1. The molecule has 0 bridgehead atoms. The number of carbonyl (C=O) groups excluding carboxylic acids is 1.